The summed E-state index contributed by atoms with van der Waals surface area (Å²) in [5.74, 6) is 0.275. The Bertz CT molecular complexity index is 395. The number of carbonyl (C=O) groups is 1. The van der Waals surface area contributed by atoms with E-state index >= 15 is 0 Å². The summed E-state index contributed by atoms with van der Waals surface area (Å²) < 4.78 is 5.30. The van der Waals surface area contributed by atoms with Crippen LogP contribution in [0, 0.1) is 5.92 Å². The van der Waals surface area contributed by atoms with Crippen LogP contribution < -0.4 is 0 Å². The molecular formula is C18H26O2. The molecule has 1 aromatic carbocycles. The molecule has 0 aromatic heterocycles. The van der Waals surface area contributed by atoms with Gasteiger partial charge in [-0.1, -0.05) is 69.5 Å². The highest BCUT2D eigenvalue weighted by atomic mass is 16.5. The summed E-state index contributed by atoms with van der Waals surface area (Å²) in [6.07, 6.45) is 8.80. The van der Waals surface area contributed by atoms with Crippen molar-refractivity contribution in [2.75, 3.05) is 6.61 Å². The molecule has 2 nitrogen and oxygen atoms in total. The molecule has 0 spiro atoms. The molecule has 0 amide bonds. The van der Waals surface area contributed by atoms with Crippen molar-refractivity contribution in [2.24, 2.45) is 5.92 Å². The number of unbranched alkanes of at least 4 members (excludes halogenated alkanes) is 1. The van der Waals surface area contributed by atoms with Crippen LogP contribution in [0.25, 0.3) is 0 Å². The van der Waals surface area contributed by atoms with Gasteiger partial charge in [0.15, 0.2) is 0 Å². The third-order valence-corrected chi connectivity index (χ3v) is 3.45. The molecule has 20 heavy (non-hydrogen) atoms. The standard InChI is InChI=1S/C18H26O2/c1-3-5-10-16(4-2)15-20-18(19)14-9-13-17-11-7-6-8-12-17/h6-9,11-12,14,16H,3-5,10,13,15H2,1-2H3/b14-9+. The molecule has 0 radical (unpaired) electrons. The quantitative estimate of drug-likeness (QED) is 0.488. The number of ether oxygens (including phenoxy) is 1. The summed E-state index contributed by atoms with van der Waals surface area (Å²) >= 11 is 0. The molecule has 0 heterocycles. The summed E-state index contributed by atoms with van der Waals surface area (Å²) in [6.45, 7) is 4.88. The molecule has 0 N–H and O–H groups in total. The molecular weight excluding hydrogens is 248 g/mol. The molecule has 0 aliphatic carbocycles. The third-order valence-electron chi connectivity index (χ3n) is 3.45. The maximum absolute atomic E-state index is 11.6. The first-order valence-corrected chi connectivity index (χ1v) is 7.63. The largest absolute Gasteiger partial charge is 0.462 e. The second-order valence-corrected chi connectivity index (χ2v) is 5.14. The summed E-state index contributed by atoms with van der Waals surface area (Å²) in [4.78, 5) is 11.6. The van der Waals surface area contributed by atoms with E-state index in [-0.39, 0.29) is 5.97 Å². The van der Waals surface area contributed by atoms with Gasteiger partial charge < -0.3 is 4.74 Å². The fourth-order valence-corrected chi connectivity index (χ4v) is 2.05. The molecule has 0 aliphatic rings. The summed E-state index contributed by atoms with van der Waals surface area (Å²) in [5, 5.41) is 0. The Morgan fingerprint density at radius 2 is 2.00 bits per heavy atom. The lowest BCUT2D eigenvalue weighted by Gasteiger charge is -2.13. The Hall–Kier alpha value is -1.57. The maximum Gasteiger partial charge on any atom is 0.330 e. The number of esters is 1. The van der Waals surface area contributed by atoms with Crippen LogP contribution in [0.3, 0.4) is 0 Å². The van der Waals surface area contributed by atoms with Crippen molar-refractivity contribution in [1.82, 2.24) is 0 Å². The molecule has 110 valence electrons. The first kappa shape index (κ1) is 16.5. The van der Waals surface area contributed by atoms with Gasteiger partial charge >= 0.3 is 5.97 Å². The molecule has 1 rings (SSSR count). The summed E-state index contributed by atoms with van der Waals surface area (Å²) in [5.41, 5.74) is 1.20. The van der Waals surface area contributed by atoms with Crippen LogP contribution in [-0.2, 0) is 16.0 Å². The van der Waals surface area contributed by atoms with Crippen molar-refractivity contribution in [3.63, 3.8) is 0 Å². The van der Waals surface area contributed by atoms with Gasteiger partial charge in [-0.3, -0.25) is 0 Å². The molecule has 0 aliphatic heterocycles. The minimum atomic E-state index is -0.226. The van der Waals surface area contributed by atoms with Crippen molar-refractivity contribution in [2.45, 2.75) is 46.0 Å². The van der Waals surface area contributed by atoms with E-state index < -0.39 is 0 Å². The van der Waals surface area contributed by atoms with Crippen molar-refractivity contribution >= 4 is 5.97 Å². The smallest absolute Gasteiger partial charge is 0.330 e. The van der Waals surface area contributed by atoms with Crippen LogP contribution in [0.1, 0.15) is 45.1 Å². The lowest BCUT2D eigenvalue weighted by Crippen LogP contribution is -2.12. The van der Waals surface area contributed by atoms with Gasteiger partial charge in [0.2, 0.25) is 0 Å². The average Bonchev–Trinajstić information content (AvgIpc) is 2.48. The van der Waals surface area contributed by atoms with Crippen LogP contribution in [0.4, 0.5) is 0 Å². The predicted molar refractivity (Wildman–Crippen MR) is 83.6 cm³/mol. The number of rotatable bonds is 9. The predicted octanol–water partition coefficient (Wildman–Crippen LogP) is 4.54. The van der Waals surface area contributed by atoms with Crippen molar-refractivity contribution in [3.05, 3.63) is 48.0 Å². The summed E-state index contributed by atoms with van der Waals surface area (Å²) in [6, 6.07) is 10.1. The summed E-state index contributed by atoms with van der Waals surface area (Å²) in [7, 11) is 0. The van der Waals surface area contributed by atoms with Crippen LogP contribution in [-0.4, -0.2) is 12.6 Å². The highest BCUT2D eigenvalue weighted by Crippen LogP contribution is 2.12. The Labute approximate surface area is 122 Å². The van der Waals surface area contributed by atoms with Gasteiger partial charge in [-0.2, -0.15) is 0 Å². The van der Waals surface area contributed by atoms with E-state index in [9.17, 15) is 4.79 Å². The molecule has 1 atom stereocenters. The van der Waals surface area contributed by atoms with Gasteiger partial charge in [-0.15, -0.1) is 0 Å². The Kier molecular flexibility index (Phi) is 8.44. The monoisotopic (exact) mass is 274 g/mol. The lowest BCUT2D eigenvalue weighted by atomic mass is 10.0. The number of hydrogen-bond donors (Lipinski definition) is 0. The van der Waals surface area contributed by atoms with E-state index in [1.807, 2.05) is 36.4 Å². The Morgan fingerprint density at radius 3 is 2.65 bits per heavy atom. The van der Waals surface area contributed by atoms with E-state index in [0.29, 0.717) is 12.5 Å². The van der Waals surface area contributed by atoms with Crippen molar-refractivity contribution < 1.29 is 9.53 Å². The van der Waals surface area contributed by atoms with Crippen LogP contribution in [0.5, 0.6) is 0 Å². The van der Waals surface area contributed by atoms with Gasteiger partial charge in [-0.25, -0.2) is 4.79 Å². The van der Waals surface area contributed by atoms with Gasteiger partial charge in [-0.05, 0) is 24.3 Å². The van der Waals surface area contributed by atoms with Crippen LogP contribution >= 0.6 is 0 Å². The van der Waals surface area contributed by atoms with E-state index in [1.165, 1.54) is 18.4 Å². The first-order valence-electron chi connectivity index (χ1n) is 7.63. The number of carbonyl (C=O) groups excluding carboxylic acids is 1. The molecule has 1 aromatic rings. The Balaban J connectivity index is 2.25. The maximum atomic E-state index is 11.6. The fraction of sp³-hybridized carbons (Fsp3) is 0.500. The fourth-order valence-electron chi connectivity index (χ4n) is 2.05. The SMILES string of the molecule is CCCCC(CC)COC(=O)/C=C/Cc1ccccc1. The number of allylic oxidation sites excluding steroid dienone is 1. The van der Waals surface area contributed by atoms with Gasteiger partial charge in [0.1, 0.15) is 0 Å². The third kappa shape index (κ3) is 7.13. The van der Waals surface area contributed by atoms with Crippen LogP contribution in [0.15, 0.2) is 42.5 Å². The molecule has 0 fully saturated rings. The topological polar surface area (TPSA) is 26.3 Å². The van der Waals surface area contributed by atoms with E-state index in [0.717, 1.165) is 19.3 Å². The van der Waals surface area contributed by atoms with Gasteiger partial charge in [0.05, 0.1) is 6.61 Å². The van der Waals surface area contributed by atoms with Gasteiger partial charge in [0.25, 0.3) is 0 Å². The van der Waals surface area contributed by atoms with Gasteiger partial charge in [0, 0.05) is 6.08 Å². The van der Waals surface area contributed by atoms with Crippen molar-refractivity contribution in [1.29, 1.82) is 0 Å². The van der Waals surface area contributed by atoms with E-state index in [1.54, 1.807) is 6.08 Å². The molecule has 0 saturated carbocycles. The normalized spacial score (nSPS) is 12.5. The zero-order valence-electron chi connectivity index (χ0n) is 12.7. The average molecular weight is 274 g/mol. The Morgan fingerprint density at radius 1 is 1.25 bits per heavy atom. The first-order chi connectivity index (χ1) is 9.76. The molecule has 0 bridgehead atoms. The van der Waals surface area contributed by atoms with E-state index in [4.69, 9.17) is 4.74 Å². The van der Waals surface area contributed by atoms with Crippen molar-refractivity contribution in [3.8, 4) is 0 Å². The zero-order valence-corrected chi connectivity index (χ0v) is 12.7. The zero-order chi connectivity index (χ0) is 14.6. The highest BCUT2D eigenvalue weighted by Gasteiger charge is 2.08. The molecule has 1 unspecified atom stereocenters. The molecule has 2 heteroatoms. The second kappa shape index (κ2) is 10.2. The van der Waals surface area contributed by atoms with Crippen LogP contribution in [0.2, 0.25) is 0 Å². The highest BCUT2D eigenvalue weighted by molar-refractivity contribution is 5.81. The minimum Gasteiger partial charge on any atom is -0.462 e. The number of benzene rings is 1. The minimum absolute atomic E-state index is 0.226. The molecule has 0 saturated heterocycles. The van der Waals surface area contributed by atoms with E-state index in [2.05, 4.69) is 13.8 Å². The second-order valence-electron chi connectivity index (χ2n) is 5.14. The lowest BCUT2D eigenvalue weighted by molar-refractivity contribution is -0.139. The number of hydrogen-bond acceptors (Lipinski definition) is 2.